The lowest BCUT2D eigenvalue weighted by atomic mass is 10.0. The Morgan fingerprint density at radius 3 is 2.58 bits per heavy atom. The molecule has 1 amide bonds. The van der Waals surface area contributed by atoms with Gasteiger partial charge in [0.1, 0.15) is 12.4 Å². The second kappa shape index (κ2) is 10.2. The van der Waals surface area contributed by atoms with Crippen molar-refractivity contribution in [2.24, 2.45) is 7.05 Å². The topological polar surface area (TPSA) is 69.0 Å². The number of rotatable bonds is 7. The summed E-state index contributed by atoms with van der Waals surface area (Å²) in [5.74, 6) is 1.27. The standard InChI is InChI=1S/C23H19Cl3N4O2S/c1-13-16-6-4-3-5-14(16)7-8-19(13)32-11-20-28-29-23(30(20)2)33-12-21(31)27-22-17(25)9-15(24)10-18(22)26/h3-10H,11-12H2,1-2H3,(H,27,31). The molecule has 0 aliphatic carbocycles. The number of amides is 1. The van der Waals surface area contributed by atoms with E-state index >= 15 is 0 Å². The van der Waals surface area contributed by atoms with Crippen LogP contribution < -0.4 is 10.1 Å². The third kappa shape index (κ3) is 5.38. The zero-order valence-electron chi connectivity index (χ0n) is 17.7. The molecule has 0 spiro atoms. The van der Waals surface area contributed by atoms with Crippen LogP contribution in [0.15, 0.2) is 53.7 Å². The number of aryl methyl sites for hydroxylation is 1. The SMILES string of the molecule is Cc1c(OCc2nnc(SCC(=O)Nc3c(Cl)cc(Cl)cc3Cl)n2C)ccc2ccccc12. The first-order chi connectivity index (χ1) is 15.8. The second-order valence-corrected chi connectivity index (χ2v) is 9.43. The maximum atomic E-state index is 12.4. The van der Waals surface area contributed by atoms with Crippen LogP contribution in [0, 0.1) is 6.92 Å². The zero-order valence-corrected chi connectivity index (χ0v) is 20.8. The quantitative estimate of drug-likeness (QED) is 0.279. The number of thioether (sulfide) groups is 1. The first-order valence-electron chi connectivity index (χ1n) is 9.90. The number of halogens is 3. The van der Waals surface area contributed by atoms with Crippen LogP contribution in [-0.4, -0.2) is 26.4 Å². The van der Waals surface area contributed by atoms with Crippen molar-refractivity contribution >= 4 is 68.9 Å². The van der Waals surface area contributed by atoms with E-state index in [2.05, 4.69) is 27.6 Å². The van der Waals surface area contributed by atoms with Gasteiger partial charge in [-0.3, -0.25) is 4.79 Å². The molecular formula is C23H19Cl3N4O2S. The van der Waals surface area contributed by atoms with Crippen LogP contribution in [0.1, 0.15) is 11.4 Å². The van der Waals surface area contributed by atoms with E-state index in [9.17, 15) is 4.79 Å². The number of nitrogens with zero attached hydrogens (tertiary/aromatic N) is 3. The Balaban J connectivity index is 1.37. The molecule has 1 aromatic heterocycles. The molecule has 4 aromatic rings. The summed E-state index contributed by atoms with van der Waals surface area (Å²) >= 11 is 19.4. The lowest BCUT2D eigenvalue weighted by molar-refractivity contribution is -0.113. The van der Waals surface area contributed by atoms with Crippen LogP contribution in [0.4, 0.5) is 5.69 Å². The van der Waals surface area contributed by atoms with E-state index in [1.165, 1.54) is 29.3 Å². The molecule has 1 heterocycles. The van der Waals surface area contributed by atoms with Crippen molar-refractivity contribution < 1.29 is 9.53 Å². The number of carbonyl (C=O) groups is 1. The lowest BCUT2D eigenvalue weighted by Crippen LogP contribution is -2.15. The largest absolute Gasteiger partial charge is 0.485 e. The third-order valence-corrected chi connectivity index (χ3v) is 6.87. The van der Waals surface area contributed by atoms with Crippen molar-refractivity contribution in [3.8, 4) is 5.75 Å². The van der Waals surface area contributed by atoms with Gasteiger partial charge in [0.2, 0.25) is 5.91 Å². The Kier molecular flexibility index (Phi) is 7.34. The van der Waals surface area contributed by atoms with Crippen molar-refractivity contribution in [2.75, 3.05) is 11.1 Å². The normalized spacial score (nSPS) is 11.1. The molecule has 0 saturated carbocycles. The van der Waals surface area contributed by atoms with Crippen LogP contribution in [0.25, 0.3) is 10.8 Å². The third-order valence-electron chi connectivity index (χ3n) is 5.03. The predicted molar refractivity (Wildman–Crippen MR) is 135 cm³/mol. The number of carbonyl (C=O) groups excluding carboxylic acids is 1. The van der Waals surface area contributed by atoms with Crippen LogP contribution in [0.5, 0.6) is 5.75 Å². The monoisotopic (exact) mass is 520 g/mol. The van der Waals surface area contributed by atoms with Gasteiger partial charge in [-0.05, 0) is 41.5 Å². The summed E-state index contributed by atoms with van der Waals surface area (Å²) in [5, 5.41) is 14.9. The first-order valence-corrected chi connectivity index (χ1v) is 12.0. The van der Waals surface area contributed by atoms with Gasteiger partial charge in [-0.25, -0.2) is 0 Å². The fraction of sp³-hybridized carbons (Fsp3) is 0.174. The molecule has 0 aliphatic heterocycles. The highest BCUT2D eigenvalue weighted by molar-refractivity contribution is 7.99. The molecule has 0 bridgehead atoms. The van der Waals surface area contributed by atoms with Crippen LogP contribution in [-0.2, 0) is 18.4 Å². The van der Waals surface area contributed by atoms with Crippen molar-refractivity contribution in [1.82, 2.24) is 14.8 Å². The van der Waals surface area contributed by atoms with E-state index in [4.69, 9.17) is 39.5 Å². The number of ether oxygens (including phenoxy) is 1. The first kappa shape index (κ1) is 23.7. The van der Waals surface area contributed by atoms with E-state index in [0.29, 0.717) is 21.7 Å². The van der Waals surface area contributed by atoms with Gasteiger partial charge < -0.3 is 14.6 Å². The Labute approximate surface area is 210 Å². The molecule has 0 fully saturated rings. The van der Waals surface area contributed by atoms with E-state index in [0.717, 1.165) is 16.7 Å². The van der Waals surface area contributed by atoms with Crippen molar-refractivity contribution in [2.45, 2.75) is 18.7 Å². The molecule has 0 unspecified atom stereocenters. The lowest BCUT2D eigenvalue weighted by Gasteiger charge is -2.11. The minimum absolute atomic E-state index is 0.103. The van der Waals surface area contributed by atoms with Gasteiger partial charge in [-0.1, -0.05) is 76.9 Å². The van der Waals surface area contributed by atoms with Gasteiger partial charge in [0.25, 0.3) is 0 Å². The van der Waals surface area contributed by atoms with E-state index in [1.807, 2.05) is 38.2 Å². The smallest absolute Gasteiger partial charge is 0.234 e. The Bertz CT molecular complexity index is 1320. The fourth-order valence-corrected chi connectivity index (χ4v) is 4.91. The molecular weight excluding hydrogens is 503 g/mol. The Hall–Kier alpha value is -2.45. The van der Waals surface area contributed by atoms with Gasteiger partial charge in [0.05, 0.1) is 21.5 Å². The summed E-state index contributed by atoms with van der Waals surface area (Å²) in [6, 6.07) is 15.2. The summed E-state index contributed by atoms with van der Waals surface area (Å²) in [6.07, 6.45) is 0. The second-order valence-electron chi connectivity index (χ2n) is 7.24. The number of benzene rings is 3. The maximum Gasteiger partial charge on any atom is 0.234 e. The number of anilines is 1. The maximum absolute atomic E-state index is 12.4. The molecule has 0 aliphatic rings. The summed E-state index contributed by atoms with van der Waals surface area (Å²) in [4.78, 5) is 12.4. The molecule has 0 atom stereocenters. The van der Waals surface area contributed by atoms with Crippen molar-refractivity contribution in [1.29, 1.82) is 0 Å². The summed E-state index contributed by atoms with van der Waals surface area (Å²) in [6.45, 7) is 2.29. The fourth-order valence-electron chi connectivity index (χ4n) is 3.27. The van der Waals surface area contributed by atoms with Crippen LogP contribution in [0.2, 0.25) is 15.1 Å². The van der Waals surface area contributed by atoms with Crippen LogP contribution in [0.3, 0.4) is 0 Å². The minimum atomic E-state index is -0.279. The number of aromatic nitrogens is 3. The molecule has 10 heteroatoms. The Morgan fingerprint density at radius 2 is 1.82 bits per heavy atom. The highest BCUT2D eigenvalue weighted by Crippen LogP contribution is 2.34. The van der Waals surface area contributed by atoms with E-state index in [-0.39, 0.29) is 28.3 Å². The molecule has 3 aromatic carbocycles. The van der Waals surface area contributed by atoms with E-state index < -0.39 is 0 Å². The number of hydrogen-bond donors (Lipinski definition) is 1. The number of fused-ring (bicyclic) bond motifs is 1. The van der Waals surface area contributed by atoms with Gasteiger partial charge in [0.15, 0.2) is 11.0 Å². The van der Waals surface area contributed by atoms with Gasteiger partial charge in [-0.15, -0.1) is 10.2 Å². The average molecular weight is 522 g/mol. The molecule has 33 heavy (non-hydrogen) atoms. The summed E-state index contributed by atoms with van der Waals surface area (Å²) in [7, 11) is 1.83. The minimum Gasteiger partial charge on any atom is -0.485 e. The highest BCUT2D eigenvalue weighted by Gasteiger charge is 2.15. The van der Waals surface area contributed by atoms with Gasteiger partial charge in [-0.2, -0.15) is 0 Å². The molecule has 0 radical (unpaired) electrons. The predicted octanol–water partition coefficient (Wildman–Crippen LogP) is 6.55. The summed E-state index contributed by atoms with van der Waals surface area (Å²) < 4.78 is 7.82. The molecule has 6 nitrogen and oxygen atoms in total. The zero-order chi connectivity index (χ0) is 23.5. The summed E-state index contributed by atoms with van der Waals surface area (Å²) in [5.41, 5.74) is 1.40. The van der Waals surface area contributed by atoms with Gasteiger partial charge >= 0.3 is 0 Å². The van der Waals surface area contributed by atoms with E-state index in [1.54, 1.807) is 4.57 Å². The van der Waals surface area contributed by atoms with Crippen molar-refractivity contribution in [3.05, 3.63) is 75.0 Å². The number of hydrogen-bond acceptors (Lipinski definition) is 5. The van der Waals surface area contributed by atoms with Gasteiger partial charge in [0, 0.05) is 12.1 Å². The molecule has 1 N–H and O–H groups in total. The number of nitrogens with one attached hydrogen (secondary N) is 1. The molecule has 0 saturated heterocycles. The molecule has 4 rings (SSSR count). The molecule has 170 valence electrons. The Morgan fingerprint density at radius 1 is 1.09 bits per heavy atom. The highest BCUT2D eigenvalue weighted by atomic mass is 35.5. The van der Waals surface area contributed by atoms with Crippen molar-refractivity contribution in [3.63, 3.8) is 0 Å². The van der Waals surface area contributed by atoms with Crippen LogP contribution >= 0.6 is 46.6 Å². The average Bonchev–Trinajstić information content (AvgIpc) is 3.14.